The van der Waals surface area contributed by atoms with Crippen molar-refractivity contribution in [3.05, 3.63) is 0 Å². The van der Waals surface area contributed by atoms with E-state index in [-0.39, 0.29) is 0 Å². The molecule has 0 aromatic carbocycles. The van der Waals surface area contributed by atoms with Crippen LogP contribution in [0.4, 0.5) is 8.78 Å². The highest BCUT2D eigenvalue weighted by Gasteiger charge is 2.35. The first-order chi connectivity index (χ1) is 4.65. The van der Waals surface area contributed by atoms with Gasteiger partial charge in [0.05, 0.1) is 0 Å². The fourth-order valence-electron chi connectivity index (χ4n) is 1.27. The van der Waals surface area contributed by atoms with E-state index in [2.05, 4.69) is 5.32 Å². The van der Waals surface area contributed by atoms with Crippen LogP contribution in [0, 0.1) is 5.41 Å². The minimum absolute atomic E-state index is 0.463. The third-order valence-corrected chi connectivity index (χ3v) is 2.16. The van der Waals surface area contributed by atoms with E-state index in [0.717, 1.165) is 13.0 Å². The van der Waals surface area contributed by atoms with Crippen molar-refractivity contribution in [2.45, 2.75) is 26.2 Å². The van der Waals surface area contributed by atoms with Gasteiger partial charge in [0.25, 0.3) is 0 Å². The fraction of sp³-hybridized carbons (Fsp3) is 1.00. The Labute approximate surface area is 59.8 Å². The van der Waals surface area contributed by atoms with Crippen molar-refractivity contribution in [1.29, 1.82) is 0 Å². The van der Waals surface area contributed by atoms with Crippen molar-refractivity contribution in [1.82, 2.24) is 5.32 Å². The Hall–Kier alpha value is -0.180. The Balaban J connectivity index is 2.48. The van der Waals surface area contributed by atoms with Gasteiger partial charge in [-0.05, 0) is 19.4 Å². The lowest BCUT2D eigenvalue weighted by Gasteiger charge is -2.32. The van der Waals surface area contributed by atoms with Gasteiger partial charge in [0.2, 0.25) is 6.43 Å². The van der Waals surface area contributed by atoms with Gasteiger partial charge in [-0.1, -0.05) is 6.92 Å². The van der Waals surface area contributed by atoms with Crippen LogP contribution < -0.4 is 5.32 Å². The Bertz CT molecular complexity index is 108. The number of halogens is 2. The number of hydrogen-bond donors (Lipinski definition) is 1. The summed E-state index contributed by atoms with van der Waals surface area (Å²) in [6, 6.07) is 0. The summed E-state index contributed by atoms with van der Waals surface area (Å²) in [6.45, 7) is 3.00. The third-order valence-electron chi connectivity index (χ3n) is 2.16. The summed E-state index contributed by atoms with van der Waals surface area (Å²) in [4.78, 5) is 0. The molecule has 0 spiro atoms. The zero-order chi connectivity index (χ0) is 7.61. The Morgan fingerprint density at radius 3 is 2.50 bits per heavy atom. The average molecular weight is 149 g/mol. The van der Waals surface area contributed by atoms with Crippen LogP contribution in [-0.4, -0.2) is 19.5 Å². The van der Waals surface area contributed by atoms with Gasteiger partial charge in [-0.2, -0.15) is 0 Å². The second kappa shape index (κ2) is 2.82. The van der Waals surface area contributed by atoms with Gasteiger partial charge >= 0.3 is 0 Å². The molecule has 0 amide bonds. The standard InChI is InChI=1S/C7H13F2N/c1-7(6(8)9)3-2-4-10-5-7/h6,10H,2-5H2,1H3. The highest BCUT2D eigenvalue weighted by Crippen LogP contribution is 2.31. The van der Waals surface area contributed by atoms with Crippen molar-refractivity contribution >= 4 is 0 Å². The van der Waals surface area contributed by atoms with Crippen molar-refractivity contribution in [3.8, 4) is 0 Å². The van der Waals surface area contributed by atoms with E-state index in [1.807, 2.05) is 0 Å². The molecule has 1 aliphatic heterocycles. The summed E-state index contributed by atoms with van der Waals surface area (Å²) in [6.07, 6.45) is -0.654. The van der Waals surface area contributed by atoms with Crippen molar-refractivity contribution in [2.24, 2.45) is 5.41 Å². The molecule has 0 radical (unpaired) electrons. The minimum Gasteiger partial charge on any atom is -0.316 e. The van der Waals surface area contributed by atoms with Gasteiger partial charge in [-0.3, -0.25) is 0 Å². The van der Waals surface area contributed by atoms with E-state index in [0.29, 0.717) is 13.0 Å². The molecule has 3 heteroatoms. The lowest BCUT2D eigenvalue weighted by molar-refractivity contribution is -0.00837. The van der Waals surface area contributed by atoms with Gasteiger partial charge in [0.15, 0.2) is 0 Å². The molecule has 1 unspecified atom stereocenters. The van der Waals surface area contributed by atoms with Crippen LogP contribution in [0.1, 0.15) is 19.8 Å². The first-order valence-electron chi connectivity index (χ1n) is 3.64. The molecule has 1 saturated heterocycles. The highest BCUT2D eigenvalue weighted by molar-refractivity contribution is 4.83. The van der Waals surface area contributed by atoms with Crippen molar-refractivity contribution < 1.29 is 8.78 Å². The summed E-state index contributed by atoms with van der Waals surface area (Å²) >= 11 is 0. The smallest absolute Gasteiger partial charge is 0.245 e. The molecule has 0 aliphatic carbocycles. The topological polar surface area (TPSA) is 12.0 Å². The predicted octanol–water partition coefficient (Wildman–Crippen LogP) is 1.64. The van der Waals surface area contributed by atoms with Crippen LogP contribution in [0.5, 0.6) is 0 Å². The van der Waals surface area contributed by atoms with Gasteiger partial charge < -0.3 is 5.32 Å². The first kappa shape index (κ1) is 7.92. The first-order valence-corrected chi connectivity index (χ1v) is 3.64. The lowest BCUT2D eigenvalue weighted by Crippen LogP contribution is -2.42. The predicted molar refractivity (Wildman–Crippen MR) is 36.2 cm³/mol. The SMILES string of the molecule is CC1(C(F)F)CCCNC1. The van der Waals surface area contributed by atoms with E-state index in [9.17, 15) is 8.78 Å². The third kappa shape index (κ3) is 1.45. The number of alkyl halides is 2. The summed E-state index contributed by atoms with van der Waals surface area (Å²) in [5.74, 6) is 0. The molecule has 1 heterocycles. The van der Waals surface area contributed by atoms with Crippen LogP contribution in [0.15, 0.2) is 0 Å². The van der Waals surface area contributed by atoms with E-state index in [4.69, 9.17) is 0 Å². The normalized spacial score (nSPS) is 34.8. The molecule has 1 rings (SSSR count). The zero-order valence-electron chi connectivity index (χ0n) is 6.16. The van der Waals surface area contributed by atoms with Gasteiger partial charge in [-0.25, -0.2) is 8.78 Å². The molecular weight excluding hydrogens is 136 g/mol. The molecule has 60 valence electrons. The Morgan fingerprint density at radius 2 is 2.20 bits per heavy atom. The van der Waals surface area contributed by atoms with E-state index < -0.39 is 11.8 Å². The van der Waals surface area contributed by atoms with E-state index >= 15 is 0 Å². The molecule has 1 N–H and O–H groups in total. The maximum absolute atomic E-state index is 12.3. The highest BCUT2D eigenvalue weighted by atomic mass is 19.3. The molecule has 1 aliphatic rings. The molecule has 0 saturated carbocycles. The van der Waals surface area contributed by atoms with Gasteiger partial charge in [0.1, 0.15) is 0 Å². The zero-order valence-corrected chi connectivity index (χ0v) is 6.16. The Kier molecular flexibility index (Phi) is 2.24. The molecule has 0 aromatic rings. The maximum Gasteiger partial charge on any atom is 0.245 e. The van der Waals surface area contributed by atoms with Crippen molar-refractivity contribution in [2.75, 3.05) is 13.1 Å². The van der Waals surface area contributed by atoms with Crippen LogP contribution in [0.3, 0.4) is 0 Å². The van der Waals surface area contributed by atoms with Crippen LogP contribution >= 0.6 is 0 Å². The Morgan fingerprint density at radius 1 is 1.50 bits per heavy atom. The van der Waals surface area contributed by atoms with E-state index in [1.54, 1.807) is 6.92 Å². The molecule has 1 nitrogen and oxygen atoms in total. The van der Waals surface area contributed by atoms with E-state index in [1.165, 1.54) is 0 Å². The number of piperidine rings is 1. The minimum atomic E-state index is -2.18. The molecule has 0 bridgehead atoms. The lowest BCUT2D eigenvalue weighted by atomic mass is 9.83. The maximum atomic E-state index is 12.3. The largest absolute Gasteiger partial charge is 0.316 e. The fourth-order valence-corrected chi connectivity index (χ4v) is 1.27. The summed E-state index contributed by atoms with van der Waals surface area (Å²) in [5.41, 5.74) is -0.766. The summed E-state index contributed by atoms with van der Waals surface area (Å²) in [5, 5.41) is 2.98. The molecule has 1 fully saturated rings. The molecular formula is C7H13F2N. The van der Waals surface area contributed by atoms with Gasteiger partial charge in [-0.15, -0.1) is 0 Å². The second-order valence-electron chi connectivity index (χ2n) is 3.24. The van der Waals surface area contributed by atoms with Crippen molar-refractivity contribution in [3.63, 3.8) is 0 Å². The number of rotatable bonds is 1. The molecule has 0 aromatic heterocycles. The van der Waals surface area contributed by atoms with Crippen LogP contribution in [0.2, 0.25) is 0 Å². The molecule has 10 heavy (non-hydrogen) atoms. The summed E-state index contributed by atoms with van der Waals surface area (Å²) in [7, 11) is 0. The average Bonchev–Trinajstić information content (AvgIpc) is 1.89. The van der Waals surface area contributed by atoms with Gasteiger partial charge in [0, 0.05) is 12.0 Å². The second-order valence-corrected chi connectivity index (χ2v) is 3.24. The monoisotopic (exact) mass is 149 g/mol. The van der Waals surface area contributed by atoms with Crippen LogP contribution in [0.25, 0.3) is 0 Å². The number of hydrogen-bond acceptors (Lipinski definition) is 1. The quantitative estimate of drug-likeness (QED) is 0.597. The van der Waals surface area contributed by atoms with Crippen LogP contribution in [-0.2, 0) is 0 Å². The molecule has 1 atom stereocenters. The number of nitrogens with one attached hydrogen (secondary N) is 1. The summed E-state index contributed by atoms with van der Waals surface area (Å²) < 4.78 is 24.5.